The maximum Gasteiger partial charge on any atom is 0.433 e. The third kappa shape index (κ3) is 5.57. The van der Waals surface area contributed by atoms with Crippen LogP contribution in [-0.4, -0.2) is 36.8 Å². The van der Waals surface area contributed by atoms with Crippen LogP contribution >= 0.6 is 0 Å². The van der Waals surface area contributed by atoms with Gasteiger partial charge in [0, 0.05) is 26.6 Å². The molecule has 9 heteroatoms. The number of anilines is 1. The van der Waals surface area contributed by atoms with Crippen molar-refractivity contribution in [2.45, 2.75) is 45.5 Å². The lowest BCUT2D eigenvalue weighted by molar-refractivity contribution is -0.141. The van der Waals surface area contributed by atoms with Crippen LogP contribution in [0, 0.1) is 0 Å². The zero-order valence-corrected chi connectivity index (χ0v) is 14.2. The first-order valence-corrected chi connectivity index (χ1v) is 8.09. The van der Waals surface area contributed by atoms with Crippen molar-refractivity contribution in [1.29, 1.82) is 0 Å². The molecule has 1 aromatic rings. The van der Waals surface area contributed by atoms with Crippen molar-refractivity contribution in [2.75, 3.05) is 24.6 Å². The largest absolute Gasteiger partial charge is 0.561 e. The molecule has 0 saturated carbocycles. The first-order chi connectivity index (χ1) is 11.8. The number of aromatic nitrogens is 1. The number of ether oxygens (including phenoxy) is 1. The van der Waals surface area contributed by atoms with Gasteiger partial charge in [-0.25, -0.2) is 4.98 Å². The highest BCUT2D eigenvalue weighted by atomic mass is 19.4. The molecule has 0 amide bonds. The van der Waals surface area contributed by atoms with Crippen molar-refractivity contribution in [3.8, 4) is 0 Å². The predicted octanol–water partition coefficient (Wildman–Crippen LogP) is 3.46. The molecule has 1 saturated heterocycles. The summed E-state index contributed by atoms with van der Waals surface area (Å²) in [6.07, 6.45) is -2.98. The maximum absolute atomic E-state index is 13.0. The highest BCUT2D eigenvalue weighted by Gasteiger charge is 2.33. The monoisotopic (exact) mass is 360 g/mol. The van der Waals surface area contributed by atoms with Gasteiger partial charge >= 0.3 is 6.18 Å². The summed E-state index contributed by atoms with van der Waals surface area (Å²) in [4.78, 5) is 20.9. The van der Waals surface area contributed by atoms with E-state index in [2.05, 4.69) is 15.3 Å². The van der Waals surface area contributed by atoms with Gasteiger partial charge in [0.2, 0.25) is 0 Å². The second-order valence-corrected chi connectivity index (χ2v) is 5.69. The topological polar surface area (TPSA) is 65.8 Å². The lowest BCUT2D eigenvalue weighted by Crippen LogP contribution is -2.38. The third-order valence-corrected chi connectivity index (χ3v) is 3.82. The fourth-order valence-corrected chi connectivity index (χ4v) is 2.70. The minimum atomic E-state index is -4.52. The van der Waals surface area contributed by atoms with Gasteiger partial charge in [-0.15, -0.1) is 0 Å². The van der Waals surface area contributed by atoms with Gasteiger partial charge < -0.3 is 20.0 Å². The number of alkyl halides is 3. The number of rotatable bonds is 6. The lowest BCUT2D eigenvalue weighted by Gasteiger charge is -2.34. The van der Waals surface area contributed by atoms with E-state index in [0.717, 1.165) is 6.07 Å². The number of carbonyl (C=O) groups excluding carboxylic acids is 1. The number of carbonyl (C=O) groups is 1. The first-order valence-electron chi connectivity index (χ1n) is 8.09. The fraction of sp³-hybridized carbons (Fsp3) is 0.625. The molecular weight excluding hydrogens is 339 g/mol. The maximum atomic E-state index is 13.0. The number of pyridine rings is 1. The van der Waals surface area contributed by atoms with E-state index in [0.29, 0.717) is 38.1 Å². The minimum Gasteiger partial charge on any atom is -0.561 e. The van der Waals surface area contributed by atoms with Crippen molar-refractivity contribution >= 4 is 11.8 Å². The highest BCUT2D eigenvalue weighted by Crippen LogP contribution is 2.32. The highest BCUT2D eigenvalue weighted by molar-refractivity contribution is 5.66. The smallest absolute Gasteiger partial charge is 0.433 e. The number of nitrogens with zero attached hydrogens (tertiary/aromatic N) is 3. The molecule has 2 heterocycles. The van der Waals surface area contributed by atoms with Gasteiger partial charge in [-0.2, -0.15) is 13.2 Å². The van der Waals surface area contributed by atoms with Crippen molar-refractivity contribution in [3.63, 3.8) is 0 Å². The molecule has 2 rings (SSSR count). The molecule has 1 aliphatic rings. The molecule has 25 heavy (non-hydrogen) atoms. The molecule has 0 spiro atoms. The molecule has 0 unspecified atom stereocenters. The zero-order valence-electron chi connectivity index (χ0n) is 14.2. The van der Waals surface area contributed by atoms with E-state index in [1.807, 2.05) is 6.92 Å². The minimum absolute atomic E-state index is 0.0502. The quantitative estimate of drug-likeness (QED) is 0.727. The van der Waals surface area contributed by atoms with Gasteiger partial charge in [0.25, 0.3) is 5.97 Å². The van der Waals surface area contributed by atoms with Crippen molar-refractivity contribution in [1.82, 2.24) is 4.98 Å². The molecule has 0 bridgehead atoms. The number of piperidine rings is 1. The van der Waals surface area contributed by atoms with Crippen LogP contribution in [-0.2, 0) is 27.1 Å². The average molecular weight is 360 g/mol. The molecule has 0 atom stereocenters. The number of hydroxylamine groups is 1. The van der Waals surface area contributed by atoms with Gasteiger partial charge in [-0.1, -0.05) is 12.6 Å². The van der Waals surface area contributed by atoms with E-state index in [9.17, 15) is 18.0 Å². The summed E-state index contributed by atoms with van der Waals surface area (Å²) in [6, 6.07) is 2.24. The lowest BCUT2D eigenvalue weighted by atomic mass is 10.1. The second kappa shape index (κ2) is 8.48. The van der Waals surface area contributed by atoms with E-state index in [1.54, 1.807) is 4.90 Å². The fourth-order valence-electron chi connectivity index (χ4n) is 2.70. The summed E-state index contributed by atoms with van der Waals surface area (Å²) in [6.45, 7) is 4.76. The summed E-state index contributed by atoms with van der Waals surface area (Å²) in [5.74, 6) is -0.361. The Balaban J connectivity index is 2.18. The zero-order chi connectivity index (χ0) is 18.4. The summed E-state index contributed by atoms with van der Waals surface area (Å²) in [7, 11) is 0. The van der Waals surface area contributed by atoms with Crippen LogP contribution in [0.1, 0.15) is 37.9 Å². The number of hydrogen-bond acceptors (Lipinski definition) is 5. The van der Waals surface area contributed by atoms with E-state index in [-0.39, 0.29) is 18.5 Å². The Hall–Kier alpha value is -1.87. The van der Waals surface area contributed by atoms with Crippen LogP contribution < -0.4 is 4.90 Å². The Morgan fingerprint density at radius 1 is 1.36 bits per heavy atom. The van der Waals surface area contributed by atoms with Gasteiger partial charge in [0.1, 0.15) is 11.5 Å². The standard InChI is InChI=1S/C16H21F3N3O3/c1-3-24-13-6-8-22(9-7-13)15-12(10-20-25-11(2)23)4-5-14(21-15)16(17,18)19/h4-5,13H,3,6-10H2,1-2H3/q-1. The Morgan fingerprint density at radius 2 is 2.04 bits per heavy atom. The molecular formula is C16H21F3N3O3-. The number of halogens is 3. The van der Waals surface area contributed by atoms with Crippen LogP contribution in [0.25, 0.3) is 5.48 Å². The summed E-state index contributed by atoms with van der Waals surface area (Å²) in [5.41, 5.74) is 3.13. The second-order valence-electron chi connectivity index (χ2n) is 5.69. The van der Waals surface area contributed by atoms with Gasteiger partial charge in [0.05, 0.1) is 6.10 Å². The van der Waals surface area contributed by atoms with Crippen LogP contribution in [0.3, 0.4) is 0 Å². The Labute approximate surface area is 144 Å². The first kappa shape index (κ1) is 19.5. The molecule has 1 fully saturated rings. The Kier molecular flexibility index (Phi) is 6.60. The third-order valence-electron chi connectivity index (χ3n) is 3.82. The molecule has 0 aliphatic carbocycles. The summed E-state index contributed by atoms with van der Waals surface area (Å²) < 4.78 is 44.5. The van der Waals surface area contributed by atoms with Gasteiger partial charge in [-0.05, 0) is 31.4 Å². The van der Waals surface area contributed by atoms with E-state index < -0.39 is 17.8 Å². The Bertz CT molecular complexity index is 588. The molecule has 0 radical (unpaired) electrons. The van der Waals surface area contributed by atoms with E-state index in [1.165, 1.54) is 13.0 Å². The Morgan fingerprint density at radius 3 is 2.60 bits per heavy atom. The van der Waals surface area contributed by atoms with E-state index >= 15 is 0 Å². The van der Waals surface area contributed by atoms with Crippen LogP contribution in [0.4, 0.5) is 19.0 Å². The number of hydrogen-bond donors (Lipinski definition) is 0. The molecule has 140 valence electrons. The normalized spacial score (nSPS) is 16.1. The average Bonchev–Trinajstić information content (AvgIpc) is 2.55. The van der Waals surface area contributed by atoms with Crippen LogP contribution in [0.15, 0.2) is 12.1 Å². The molecule has 6 nitrogen and oxygen atoms in total. The van der Waals surface area contributed by atoms with Gasteiger partial charge in [-0.3, -0.25) is 4.79 Å². The van der Waals surface area contributed by atoms with Crippen LogP contribution in [0.2, 0.25) is 0 Å². The SMILES string of the molecule is CCOC1CCN(c2nc(C(F)(F)F)ccc2C[N-]OC(C)=O)CC1. The molecule has 1 aliphatic heterocycles. The van der Waals surface area contributed by atoms with E-state index in [4.69, 9.17) is 4.74 Å². The summed E-state index contributed by atoms with van der Waals surface area (Å²) >= 11 is 0. The molecule has 1 aromatic heterocycles. The van der Waals surface area contributed by atoms with Crippen molar-refractivity contribution < 1.29 is 27.5 Å². The summed E-state index contributed by atoms with van der Waals surface area (Å²) in [5, 5.41) is 0. The van der Waals surface area contributed by atoms with Crippen molar-refractivity contribution in [3.05, 3.63) is 28.9 Å². The molecule has 0 aromatic carbocycles. The molecule has 0 N–H and O–H groups in total. The van der Waals surface area contributed by atoms with Gasteiger partial charge in [0.15, 0.2) is 0 Å². The van der Waals surface area contributed by atoms with Crippen LogP contribution in [0.5, 0.6) is 0 Å². The van der Waals surface area contributed by atoms with Crippen molar-refractivity contribution in [2.24, 2.45) is 0 Å². The predicted molar refractivity (Wildman–Crippen MR) is 84.9 cm³/mol.